The van der Waals surface area contributed by atoms with Gasteiger partial charge in [-0.3, -0.25) is 4.79 Å². The Bertz CT molecular complexity index is 1580. The third-order valence-electron chi connectivity index (χ3n) is 8.87. The summed E-state index contributed by atoms with van der Waals surface area (Å²) in [5, 5.41) is 14.6. The smallest absolute Gasteiger partial charge is 0.189 e. The Hall–Kier alpha value is -3.58. The first-order valence-electron chi connectivity index (χ1n) is 14.8. The molecule has 1 saturated heterocycles. The molecule has 222 valence electrons. The molecule has 3 aromatic rings. The summed E-state index contributed by atoms with van der Waals surface area (Å²) in [7, 11) is -2.99. The molecular weight excluding hydrogens is 553 g/mol. The molecule has 1 saturated carbocycles. The van der Waals surface area contributed by atoms with E-state index in [2.05, 4.69) is 16.0 Å². The molecule has 3 atom stereocenters. The molecule has 2 aliphatic rings. The maximum Gasteiger partial charge on any atom is 0.189 e. The quantitative estimate of drug-likeness (QED) is 0.333. The highest BCUT2D eigenvalue weighted by atomic mass is 32.2. The molecule has 1 aliphatic carbocycles. The first kappa shape index (κ1) is 29.9. The monoisotopic (exact) mass is 591 g/mol. The van der Waals surface area contributed by atoms with Crippen molar-refractivity contribution in [1.29, 1.82) is 5.26 Å². The van der Waals surface area contributed by atoms with Gasteiger partial charge in [-0.2, -0.15) is 10.4 Å². The van der Waals surface area contributed by atoms with Crippen LogP contribution in [0.4, 0.5) is 10.1 Å². The van der Waals surface area contributed by atoms with Crippen LogP contribution in [-0.2, 0) is 14.6 Å². The van der Waals surface area contributed by atoms with E-state index in [1.807, 2.05) is 45.0 Å². The van der Waals surface area contributed by atoms with Crippen LogP contribution < -0.4 is 4.90 Å². The number of pyridine rings is 1. The Morgan fingerprint density at radius 1 is 1.12 bits per heavy atom. The van der Waals surface area contributed by atoms with Gasteiger partial charge in [0.2, 0.25) is 0 Å². The highest BCUT2D eigenvalue weighted by molar-refractivity contribution is 7.91. The van der Waals surface area contributed by atoms with Gasteiger partial charge in [0, 0.05) is 48.8 Å². The molecule has 0 N–H and O–H groups in total. The van der Waals surface area contributed by atoms with Crippen LogP contribution in [0.2, 0.25) is 0 Å². The lowest BCUT2D eigenvalue weighted by Gasteiger charge is -2.31. The summed E-state index contributed by atoms with van der Waals surface area (Å²) >= 11 is 0. The summed E-state index contributed by atoms with van der Waals surface area (Å²) < 4.78 is 40.3. The van der Waals surface area contributed by atoms with E-state index in [0.717, 1.165) is 53.9 Å². The summed E-state index contributed by atoms with van der Waals surface area (Å²) in [4.78, 5) is 20.0. The van der Waals surface area contributed by atoms with Crippen LogP contribution in [0.5, 0.6) is 0 Å². The van der Waals surface area contributed by atoms with Crippen LogP contribution in [0.3, 0.4) is 0 Å². The number of hydrogen-bond acceptors (Lipinski definition) is 7. The molecule has 0 radical (unpaired) electrons. The zero-order valence-electron chi connectivity index (χ0n) is 24.5. The lowest BCUT2D eigenvalue weighted by molar-refractivity contribution is -0.125. The number of nitriles is 1. The fraction of sp³-hybridized carbons (Fsp3) is 0.500. The van der Waals surface area contributed by atoms with E-state index >= 15 is 0 Å². The van der Waals surface area contributed by atoms with Crippen molar-refractivity contribution in [3.8, 4) is 23.0 Å². The number of ketones is 1. The molecule has 0 unspecified atom stereocenters. The van der Waals surface area contributed by atoms with Crippen LogP contribution in [-0.4, -0.2) is 53.6 Å². The molecule has 2 fully saturated rings. The largest absolute Gasteiger partial charge is 0.369 e. The van der Waals surface area contributed by atoms with E-state index in [9.17, 15) is 22.9 Å². The average Bonchev–Trinajstić information content (AvgIpc) is 3.32. The summed E-state index contributed by atoms with van der Waals surface area (Å²) in [5.74, 6) is -0.676. The average molecular weight is 592 g/mol. The zero-order valence-corrected chi connectivity index (χ0v) is 25.3. The molecular formula is C32H38FN5O3S. The molecule has 0 amide bonds. The van der Waals surface area contributed by atoms with E-state index in [1.54, 1.807) is 10.7 Å². The number of nitrogens with zero attached hydrogens (tertiary/aromatic N) is 5. The topological polar surface area (TPSA) is 109 Å². The normalized spacial score (nSPS) is 21.2. The maximum absolute atomic E-state index is 15.0. The lowest BCUT2D eigenvalue weighted by Crippen LogP contribution is -2.40. The number of hydrogen-bond donors (Lipinski definition) is 0. The fourth-order valence-corrected chi connectivity index (χ4v) is 7.53. The number of benzene rings is 1. The number of carbonyl (C=O) groups excluding carboxylic acids is 1. The second-order valence-electron chi connectivity index (χ2n) is 11.9. The Morgan fingerprint density at radius 3 is 2.45 bits per heavy atom. The van der Waals surface area contributed by atoms with Crippen LogP contribution in [0.15, 0.2) is 42.6 Å². The van der Waals surface area contributed by atoms with Crippen LogP contribution in [0, 0.1) is 41.8 Å². The first-order chi connectivity index (χ1) is 20.1. The van der Waals surface area contributed by atoms with E-state index in [0.29, 0.717) is 13.1 Å². The van der Waals surface area contributed by atoms with Crippen molar-refractivity contribution in [2.24, 2.45) is 17.8 Å². The van der Waals surface area contributed by atoms with Gasteiger partial charge in [0.25, 0.3) is 0 Å². The molecule has 8 nitrogen and oxygen atoms in total. The molecule has 42 heavy (non-hydrogen) atoms. The number of rotatable bonds is 8. The van der Waals surface area contributed by atoms with Gasteiger partial charge in [-0.1, -0.05) is 38.8 Å². The van der Waals surface area contributed by atoms with Gasteiger partial charge in [0.15, 0.2) is 21.5 Å². The zero-order chi connectivity index (χ0) is 30.0. The van der Waals surface area contributed by atoms with E-state index in [-0.39, 0.29) is 53.2 Å². The van der Waals surface area contributed by atoms with E-state index in [1.165, 1.54) is 12.3 Å². The van der Waals surface area contributed by atoms with Gasteiger partial charge in [0.1, 0.15) is 5.78 Å². The second-order valence-corrected chi connectivity index (χ2v) is 14.2. The molecule has 0 spiro atoms. The van der Waals surface area contributed by atoms with Crippen molar-refractivity contribution in [1.82, 2.24) is 14.8 Å². The molecule has 1 aliphatic heterocycles. The van der Waals surface area contributed by atoms with Crippen molar-refractivity contribution in [3.63, 3.8) is 0 Å². The molecule has 0 bridgehead atoms. The SMILES string of the molecule is Cc1c(-c2ccc(N3CCS(=O)(=O)CC3)cc2)c([C@@H]2CCCC[C@H]2C(=O)C[C@H](C#N)C(C)C)nn1-c1ncccc1F. The number of sulfone groups is 1. The van der Waals surface area contributed by atoms with Crippen molar-refractivity contribution >= 4 is 21.3 Å². The third kappa shape index (κ3) is 6.12. The van der Waals surface area contributed by atoms with Gasteiger partial charge >= 0.3 is 0 Å². The third-order valence-corrected chi connectivity index (χ3v) is 10.5. The van der Waals surface area contributed by atoms with E-state index < -0.39 is 15.7 Å². The number of anilines is 1. The number of carbonyl (C=O) groups is 1. The number of halogens is 1. The lowest BCUT2D eigenvalue weighted by atomic mass is 9.72. The summed E-state index contributed by atoms with van der Waals surface area (Å²) in [6.07, 6.45) is 5.17. The highest BCUT2D eigenvalue weighted by Gasteiger charge is 2.37. The molecule has 2 aromatic heterocycles. The first-order valence-corrected chi connectivity index (χ1v) is 16.6. The summed E-state index contributed by atoms with van der Waals surface area (Å²) in [6.45, 7) is 6.74. The molecule has 1 aromatic carbocycles. The predicted octanol–water partition coefficient (Wildman–Crippen LogP) is 5.65. The fourth-order valence-electron chi connectivity index (χ4n) is 6.33. The Kier molecular flexibility index (Phi) is 8.78. The summed E-state index contributed by atoms with van der Waals surface area (Å²) in [6, 6.07) is 13.2. The van der Waals surface area contributed by atoms with Gasteiger partial charge in [-0.15, -0.1) is 0 Å². The van der Waals surface area contributed by atoms with Crippen molar-refractivity contribution in [2.45, 2.75) is 58.8 Å². The Morgan fingerprint density at radius 2 is 1.81 bits per heavy atom. The highest BCUT2D eigenvalue weighted by Crippen LogP contribution is 2.44. The van der Waals surface area contributed by atoms with Gasteiger partial charge < -0.3 is 4.90 Å². The summed E-state index contributed by atoms with van der Waals surface area (Å²) in [5.41, 5.74) is 4.18. The van der Waals surface area contributed by atoms with Gasteiger partial charge in [-0.25, -0.2) is 22.5 Å². The molecule has 10 heteroatoms. The number of Topliss-reactive ketones (excluding diaryl/α,β-unsaturated/α-hetero) is 1. The van der Waals surface area contributed by atoms with Crippen molar-refractivity contribution in [3.05, 3.63) is 59.8 Å². The van der Waals surface area contributed by atoms with Crippen LogP contribution >= 0.6 is 0 Å². The van der Waals surface area contributed by atoms with Crippen LogP contribution in [0.25, 0.3) is 16.9 Å². The standard InChI is InChI=1S/C32H38FN5O3S/c1-21(2)24(20-34)19-29(39)26-7-4-5-8-27(26)31-30(22(3)38(36-31)32-28(33)9-6-14-35-32)23-10-12-25(13-11-23)37-15-17-42(40,41)18-16-37/h6,9-14,21,24,26-27H,4-5,7-8,15-19H2,1-3H3/t24-,26-,27-/m1/s1. The van der Waals surface area contributed by atoms with Crippen molar-refractivity contribution < 1.29 is 17.6 Å². The maximum atomic E-state index is 15.0. The van der Waals surface area contributed by atoms with Crippen molar-refractivity contribution in [2.75, 3.05) is 29.5 Å². The minimum Gasteiger partial charge on any atom is -0.369 e. The van der Waals surface area contributed by atoms with Crippen LogP contribution in [0.1, 0.15) is 63.3 Å². The Labute approximate surface area is 247 Å². The predicted molar refractivity (Wildman–Crippen MR) is 161 cm³/mol. The second kappa shape index (κ2) is 12.3. The minimum atomic E-state index is -2.99. The van der Waals surface area contributed by atoms with E-state index in [4.69, 9.17) is 5.10 Å². The van der Waals surface area contributed by atoms with Gasteiger partial charge in [-0.05, 0) is 55.5 Å². The molecule has 5 rings (SSSR count). The van der Waals surface area contributed by atoms with Gasteiger partial charge in [0.05, 0.1) is 34.9 Å². The minimum absolute atomic E-state index is 0.0867. The number of aromatic nitrogens is 3. The molecule has 3 heterocycles. The Balaban J connectivity index is 1.55.